The van der Waals surface area contributed by atoms with E-state index in [1.165, 1.54) is 15.9 Å². The molecule has 0 atom stereocenters. The zero-order valence-corrected chi connectivity index (χ0v) is 14.9. The summed E-state index contributed by atoms with van der Waals surface area (Å²) in [6.07, 6.45) is 1.99. The summed E-state index contributed by atoms with van der Waals surface area (Å²) < 4.78 is 0. The SMILES string of the molecule is CC#CCC[P+](c1ccccc1)(c1ccccc1)c1ccccc1. The summed E-state index contributed by atoms with van der Waals surface area (Å²) in [5.74, 6) is 6.35. The molecule has 0 aliphatic carbocycles. The molecule has 1 heteroatoms. The Kier molecular flexibility index (Phi) is 5.47. The van der Waals surface area contributed by atoms with Crippen LogP contribution in [0.2, 0.25) is 0 Å². The van der Waals surface area contributed by atoms with Crippen LogP contribution in [-0.2, 0) is 0 Å². The number of benzene rings is 3. The Labute approximate surface area is 145 Å². The van der Waals surface area contributed by atoms with Crippen LogP contribution in [-0.4, -0.2) is 6.16 Å². The van der Waals surface area contributed by atoms with Gasteiger partial charge in [0.25, 0.3) is 0 Å². The van der Waals surface area contributed by atoms with Crippen LogP contribution >= 0.6 is 7.26 Å². The molecule has 24 heavy (non-hydrogen) atoms. The Morgan fingerprint density at radius 2 is 1.00 bits per heavy atom. The molecule has 0 radical (unpaired) electrons. The molecule has 0 amide bonds. The third kappa shape index (κ3) is 3.28. The van der Waals surface area contributed by atoms with Gasteiger partial charge in [0.1, 0.15) is 23.2 Å². The average Bonchev–Trinajstić information content (AvgIpc) is 2.68. The van der Waals surface area contributed by atoms with Gasteiger partial charge in [0.2, 0.25) is 0 Å². The maximum Gasteiger partial charge on any atom is 0.113 e. The Balaban J connectivity index is 2.25. The molecular weight excluding hydrogens is 307 g/mol. The van der Waals surface area contributed by atoms with E-state index in [4.69, 9.17) is 0 Å². The molecule has 3 aromatic rings. The van der Waals surface area contributed by atoms with Crippen LogP contribution in [0.15, 0.2) is 91.0 Å². The summed E-state index contributed by atoms with van der Waals surface area (Å²) in [6.45, 7) is 1.92. The van der Waals surface area contributed by atoms with Gasteiger partial charge in [-0.3, -0.25) is 0 Å². The standard InChI is InChI=1S/C23H22P/c1-2-3-13-20-24(21-14-7-4-8-15-21,22-16-9-5-10-17-22)23-18-11-6-12-19-23/h4-12,14-19H,13,20H2,1H3/q+1. The summed E-state index contributed by atoms with van der Waals surface area (Å²) in [5.41, 5.74) is 0. The Morgan fingerprint density at radius 1 is 0.625 bits per heavy atom. The zero-order valence-electron chi connectivity index (χ0n) is 14.0. The second-order valence-electron chi connectivity index (χ2n) is 5.72. The molecule has 0 heterocycles. The van der Waals surface area contributed by atoms with E-state index in [0.717, 1.165) is 12.6 Å². The van der Waals surface area contributed by atoms with Crippen molar-refractivity contribution < 1.29 is 0 Å². The van der Waals surface area contributed by atoms with E-state index in [1.807, 2.05) is 6.92 Å². The minimum atomic E-state index is -1.69. The van der Waals surface area contributed by atoms with E-state index in [1.54, 1.807) is 0 Å². The molecule has 0 saturated heterocycles. The van der Waals surface area contributed by atoms with Gasteiger partial charge in [-0.1, -0.05) is 60.5 Å². The first-order chi connectivity index (χ1) is 11.9. The van der Waals surface area contributed by atoms with Crippen LogP contribution in [0.3, 0.4) is 0 Å². The molecule has 0 bridgehead atoms. The van der Waals surface area contributed by atoms with Crippen molar-refractivity contribution in [2.75, 3.05) is 6.16 Å². The quantitative estimate of drug-likeness (QED) is 0.481. The average molecular weight is 329 g/mol. The molecule has 0 saturated carbocycles. The van der Waals surface area contributed by atoms with E-state index in [2.05, 4.69) is 103 Å². The lowest BCUT2D eigenvalue weighted by Crippen LogP contribution is -2.33. The molecular formula is C23H22P+. The highest BCUT2D eigenvalue weighted by Gasteiger charge is 2.44. The lowest BCUT2D eigenvalue weighted by molar-refractivity contribution is 1.28. The van der Waals surface area contributed by atoms with Crippen molar-refractivity contribution in [3.8, 4) is 11.8 Å². The summed E-state index contributed by atoms with van der Waals surface area (Å²) >= 11 is 0. The number of hydrogen-bond acceptors (Lipinski definition) is 0. The lowest BCUT2D eigenvalue weighted by Gasteiger charge is -2.27. The van der Waals surface area contributed by atoms with Crippen molar-refractivity contribution >= 4 is 23.2 Å². The molecule has 0 aliphatic rings. The van der Waals surface area contributed by atoms with Crippen LogP contribution in [0.1, 0.15) is 13.3 Å². The molecule has 0 unspecified atom stereocenters. The highest BCUT2D eigenvalue weighted by molar-refractivity contribution is 7.95. The Bertz CT molecular complexity index is 715. The van der Waals surface area contributed by atoms with Gasteiger partial charge in [-0.05, 0) is 43.3 Å². The van der Waals surface area contributed by atoms with Crippen molar-refractivity contribution in [1.82, 2.24) is 0 Å². The van der Waals surface area contributed by atoms with Gasteiger partial charge in [0, 0.05) is 6.42 Å². The first-order valence-electron chi connectivity index (χ1n) is 8.32. The van der Waals surface area contributed by atoms with Crippen molar-refractivity contribution in [1.29, 1.82) is 0 Å². The first kappa shape index (κ1) is 16.5. The van der Waals surface area contributed by atoms with Crippen molar-refractivity contribution in [2.24, 2.45) is 0 Å². The Morgan fingerprint density at radius 3 is 1.33 bits per heavy atom. The fourth-order valence-corrected chi connectivity index (χ4v) is 7.39. The van der Waals surface area contributed by atoms with Crippen molar-refractivity contribution in [3.05, 3.63) is 91.0 Å². The van der Waals surface area contributed by atoms with Crippen LogP contribution in [0.4, 0.5) is 0 Å². The van der Waals surface area contributed by atoms with Gasteiger partial charge < -0.3 is 0 Å². The topological polar surface area (TPSA) is 0 Å². The van der Waals surface area contributed by atoms with Gasteiger partial charge >= 0.3 is 0 Å². The molecule has 0 nitrogen and oxygen atoms in total. The van der Waals surface area contributed by atoms with Gasteiger partial charge in [0.05, 0.1) is 6.16 Å². The maximum atomic E-state index is 3.29. The second-order valence-corrected chi connectivity index (χ2v) is 9.33. The van der Waals surface area contributed by atoms with Gasteiger partial charge in [0.15, 0.2) is 0 Å². The number of hydrogen-bond donors (Lipinski definition) is 0. The third-order valence-corrected chi connectivity index (χ3v) is 8.77. The number of rotatable bonds is 5. The van der Waals surface area contributed by atoms with Crippen LogP contribution in [0.25, 0.3) is 0 Å². The summed E-state index contributed by atoms with van der Waals surface area (Å²) in [7, 11) is -1.69. The van der Waals surface area contributed by atoms with E-state index >= 15 is 0 Å². The van der Waals surface area contributed by atoms with E-state index in [0.29, 0.717) is 0 Å². The van der Waals surface area contributed by atoms with Gasteiger partial charge in [-0.15, -0.1) is 5.92 Å². The van der Waals surface area contributed by atoms with Gasteiger partial charge in [-0.2, -0.15) is 0 Å². The molecule has 118 valence electrons. The van der Waals surface area contributed by atoms with E-state index in [-0.39, 0.29) is 0 Å². The summed E-state index contributed by atoms with van der Waals surface area (Å²) in [4.78, 5) is 0. The highest BCUT2D eigenvalue weighted by Crippen LogP contribution is 2.55. The molecule has 3 aromatic carbocycles. The van der Waals surface area contributed by atoms with E-state index in [9.17, 15) is 0 Å². The Hall–Kier alpha value is -2.35. The van der Waals surface area contributed by atoms with Crippen molar-refractivity contribution in [3.63, 3.8) is 0 Å². The molecule has 0 N–H and O–H groups in total. The first-order valence-corrected chi connectivity index (χ1v) is 10.3. The fourth-order valence-electron chi connectivity index (χ4n) is 3.23. The normalized spacial score (nSPS) is 10.7. The minimum Gasteiger partial charge on any atom is -0.107 e. The summed E-state index contributed by atoms with van der Waals surface area (Å²) in [6, 6.07) is 32.9. The predicted molar refractivity (Wildman–Crippen MR) is 108 cm³/mol. The molecule has 3 rings (SSSR count). The van der Waals surface area contributed by atoms with Crippen molar-refractivity contribution in [2.45, 2.75) is 13.3 Å². The highest BCUT2D eigenvalue weighted by atomic mass is 31.2. The molecule has 0 fully saturated rings. The summed E-state index contributed by atoms with van der Waals surface area (Å²) in [5, 5.41) is 4.29. The third-order valence-electron chi connectivity index (χ3n) is 4.34. The fraction of sp³-hybridized carbons (Fsp3) is 0.130. The van der Waals surface area contributed by atoms with E-state index < -0.39 is 7.26 Å². The monoisotopic (exact) mass is 329 g/mol. The van der Waals surface area contributed by atoms with Crippen LogP contribution in [0.5, 0.6) is 0 Å². The molecule has 0 spiro atoms. The molecule has 0 aromatic heterocycles. The zero-order chi connectivity index (χ0) is 16.7. The lowest BCUT2D eigenvalue weighted by atomic mass is 10.3. The second kappa shape index (κ2) is 7.96. The van der Waals surface area contributed by atoms with Gasteiger partial charge in [-0.25, -0.2) is 0 Å². The smallest absolute Gasteiger partial charge is 0.107 e. The van der Waals surface area contributed by atoms with Crippen LogP contribution < -0.4 is 15.9 Å². The maximum absolute atomic E-state index is 3.29. The minimum absolute atomic E-state index is 0.920. The largest absolute Gasteiger partial charge is 0.113 e. The predicted octanol–water partition coefficient (Wildman–Crippen LogP) is 4.39. The molecule has 0 aliphatic heterocycles. The van der Waals surface area contributed by atoms with Crippen LogP contribution in [0, 0.1) is 11.8 Å².